The second kappa shape index (κ2) is 8.24. The number of likely N-dealkylation sites (tertiary alicyclic amines) is 1. The van der Waals surface area contributed by atoms with Crippen molar-refractivity contribution in [2.24, 2.45) is 13.0 Å². The molecule has 27 heavy (non-hydrogen) atoms. The minimum Gasteiger partial charge on any atom is -0.496 e. The van der Waals surface area contributed by atoms with Gasteiger partial charge in [-0.2, -0.15) is 5.10 Å². The van der Waals surface area contributed by atoms with E-state index >= 15 is 0 Å². The van der Waals surface area contributed by atoms with Crippen LogP contribution in [0.4, 0.5) is 0 Å². The van der Waals surface area contributed by atoms with Gasteiger partial charge in [0.15, 0.2) is 0 Å². The smallest absolute Gasteiger partial charge is 0.303 e. The van der Waals surface area contributed by atoms with Gasteiger partial charge in [0.25, 0.3) is 5.91 Å². The number of hydrogen-bond acceptors (Lipinski definition) is 4. The lowest BCUT2D eigenvalue weighted by atomic mass is 9.93. The molecule has 2 aromatic rings. The van der Waals surface area contributed by atoms with E-state index in [1.807, 2.05) is 29.2 Å². The number of carboxylic acid groups (broad SMARTS) is 1. The largest absolute Gasteiger partial charge is 0.496 e. The van der Waals surface area contributed by atoms with Crippen molar-refractivity contribution in [2.75, 3.05) is 20.2 Å². The number of piperidine rings is 1. The first kappa shape index (κ1) is 18.9. The first-order chi connectivity index (χ1) is 13.0. The Balaban J connectivity index is 1.84. The Bertz CT molecular complexity index is 830. The van der Waals surface area contributed by atoms with Gasteiger partial charge in [-0.1, -0.05) is 12.1 Å². The molecule has 1 aromatic carbocycles. The first-order valence-electron chi connectivity index (χ1n) is 9.17. The minimum atomic E-state index is -0.788. The second-order valence-corrected chi connectivity index (χ2v) is 6.96. The number of aryl methyl sites for hydroxylation is 1. The van der Waals surface area contributed by atoms with Crippen LogP contribution < -0.4 is 4.74 Å². The standard InChI is InChI=1S/C20H25N3O4/c1-22-13-16(19(21-22)15-7-3-4-8-17(15)27-2)20(26)23-11-5-6-14(12-23)9-10-18(24)25/h3-4,7-8,13-14H,5-6,9-12H2,1-2H3,(H,24,25)/t14-/m1/s1. The average Bonchev–Trinajstić information content (AvgIpc) is 3.07. The zero-order valence-electron chi connectivity index (χ0n) is 15.7. The molecule has 0 radical (unpaired) electrons. The third kappa shape index (κ3) is 4.30. The highest BCUT2D eigenvalue weighted by molar-refractivity contribution is 6.00. The number of methoxy groups -OCH3 is 1. The summed E-state index contributed by atoms with van der Waals surface area (Å²) < 4.78 is 7.07. The van der Waals surface area contributed by atoms with Gasteiger partial charge in [0.1, 0.15) is 11.4 Å². The van der Waals surface area contributed by atoms with E-state index in [9.17, 15) is 9.59 Å². The van der Waals surface area contributed by atoms with E-state index in [4.69, 9.17) is 9.84 Å². The number of carboxylic acids is 1. The Morgan fingerprint density at radius 3 is 2.85 bits per heavy atom. The summed E-state index contributed by atoms with van der Waals surface area (Å²) in [5.41, 5.74) is 1.93. The predicted octanol–water partition coefficient (Wildman–Crippen LogP) is 2.81. The van der Waals surface area contributed by atoms with Crippen molar-refractivity contribution in [1.82, 2.24) is 14.7 Å². The highest BCUT2D eigenvalue weighted by Gasteiger charge is 2.28. The molecule has 0 saturated carbocycles. The number of amides is 1. The molecular weight excluding hydrogens is 346 g/mol. The molecule has 0 spiro atoms. The van der Waals surface area contributed by atoms with Gasteiger partial charge in [0, 0.05) is 38.3 Å². The van der Waals surface area contributed by atoms with Crippen molar-refractivity contribution < 1.29 is 19.4 Å². The van der Waals surface area contributed by atoms with Crippen molar-refractivity contribution in [3.05, 3.63) is 36.0 Å². The fourth-order valence-corrected chi connectivity index (χ4v) is 3.67. The van der Waals surface area contributed by atoms with Crippen LogP contribution in [0.25, 0.3) is 11.3 Å². The van der Waals surface area contributed by atoms with Crippen molar-refractivity contribution in [3.63, 3.8) is 0 Å². The Kier molecular flexibility index (Phi) is 5.78. The van der Waals surface area contributed by atoms with E-state index < -0.39 is 5.97 Å². The highest BCUT2D eigenvalue weighted by Crippen LogP contribution is 2.32. The average molecular weight is 371 g/mol. The Hall–Kier alpha value is -2.83. The number of nitrogens with zero attached hydrogens (tertiary/aromatic N) is 3. The van der Waals surface area contributed by atoms with Crippen molar-refractivity contribution in [2.45, 2.75) is 25.7 Å². The number of carbonyl (C=O) groups excluding carboxylic acids is 1. The molecule has 1 aromatic heterocycles. The molecule has 1 aliphatic rings. The lowest BCUT2D eigenvalue weighted by Crippen LogP contribution is -2.40. The molecule has 0 aliphatic carbocycles. The molecular formula is C20H25N3O4. The van der Waals surface area contributed by atoms with Crippen LogP contribution in [0.3, 0.4) is 0 Å². The molecule has 1 N–H and O–H groups in total. The summed E-state index contributed by atoms with van der Waals surface area (Å²) in [4.78, 5) is 25.9. The van der Waals surface area contributed by atoms with E-state index in [1.54, 1.807) is 25.0 Å². The lowest BCUT2D eigenvalue weighted by Gasteiger charge is -2.32. The molecule has 1 atom stereocenters. The van der Waals surface area contributed by atoms with Crippen LogP contribution in [0, 0.1) is 5.92 Å². The van der Waals surface area contributed by atoms with Gasteiger partial charge in [0.05, 0.1) is 12.7 Å². The van der Waals surface area contributed by atoms with Crippen LogP contribution in [0.2, 0.25) is 0 Å². The molecule has 144 valence electrons. The van der Waals surface area contributed by atoms with Crippen LogP contribution in [-0.4, -0.2) is 51.9 Å². The van der Waals surface area contributed by atoms with E-state index in [-0.39, 0.29) is 18.2 Å². The zero-order valence-corrected chi connectivity index (χ0v) is 15.7. The van der Waals surface area contributed by atoms with Gasteiger partial charge in [-0.05, 0) is 37.3 Å². The third-order valence-corrected chi connectivity index (χ3v) is 4.99. The van der Waals surface area contributed by atoms with E-state index in [0.29, 0.717) is 36.5 Å². The fourth-order valence-electron chi connectivity index (χ4n) is 3.67. The summed E-state index contributed by atoms with van der Waals surface area (Å²) in [5.74, 6) is 0.0432. The quantitative estimate of drug-likeness (QED) is 0.844. The summed E-state index contributed by atoms with van der Waals surface area (Å²) in [6, 6.07) is 7.51. The molecule has 1 fully saturated rings. The molecule has 1 aliphatic heterocycles. The third-order valence-electron chi connectivity index (χ3n) is 4.99. The van der Waals surface area contributed by atoms with Crippen molar-refractivity contribution in [3.8, 4) is 17.0 Å². The Morgan fingerprint density at radius 1 is 1.33 bits per heavy atom. The summed E-state index contributed by atoms with van der Waals surface area (Å²) in [5, 5.41) is 13.4. The van der Waals surface area contributed by atoms with Gasteiger partial charge in [-0.3, -0.25) is 14.3 Å². The molecule has 1 saturated heterocycles. The number of aliphatic carboxylic acids is 1. The molecule has 2 heterocycles. The van der Waals surface area contributed by atoms with E-state index in [0.717, 1.165) is 18.4 Å². The molecule has 7 heteroatoms. The summed E-state index contributed by atoms with van der Waals surface area (Å²) in [6.07, 6.45) is 4.34. The molecule has 7 nitrogen and oxygen atoms in total. The fraction of sp³-hybridized carbons (Fsp3) is 0.450. The predicted molar refractivity (Wildman–Crippen MR) is 101 cm³/mol. The number of para-hydroxylation sites is 1. The zero-order chi connectivity index (χ0) is 19.4. The molecule has 0 unspecified atom stereocenters. The number of benzene rings is 1. The van der Waals surface area contributed by atoms with Gasteiger partial charge >= 0.3 is 5.97 Å². The maximum Gasteiger partial charge on any atom is 0.303 e. The topological polar surface area (TPSA) is 84.7 Å². The Morgan fingerprint density at radius 2 is 2.11 bits per heavy atom. The normalized spacial score (nSPS) is 17.0. The van der Waals surface area contributed by atoms with Gasteiger partial charge in [-0.15, -0.1) is 0 Å². The number of rotatable bonds is 6. The maximum absolute atomic E-state index is 13.2. The number of ether oxygens (including phenoxy) is 1. The molecule has 1 amide bonds. The first-order valence-corrected chi connectivity index (χ1v) is 9.17. The molecule has 0 bridgehead atoms. The molecule has 3 rings (SSSR count). The van der Waals surface area contributed by atoms with Crippen LogP contribution in [-0.2, 0) is 11.8 Å². The van der Waals surface area contributed by atoms with Crippen molar-refractivity contribution >= 4 is 11.9 Å². The number of hydrogen-bond donors (Lipinski definition) is 1. The summed E-state index contributed by atoms with van der Waals surface area (Å²) in [7, 11) is 3.39. The van der Waals surface area contributed by atoms with E-state index in [2.05, 4.69) is 5.10 Å². The van der Waals surface area contributed by atoms with Gasteiger partial charge in [-0.25, -0.2) is 0 Å². The number of carbonyl (C=O) groups is 2. The maximum atomic E-state index is 13.2. The second-order valence-electron chi connectivity index (χ2n) is 6.96. The van der Waals surface area contributed by atoms with Gasteiger partial charge in [0.2, 0.25) is 0 Å². The lowest BCUT2D eigenvalue weighted by molar-refractivity contribution is -0.137. The minimum absolute atomic E-state index is 0.0657. The Labute approximate surface area is 158 Å². The van der Waals surface area contributed by atoms with Crippen LogP contribution >= 0.6 is 0 Å². The van der Waals surface area contributed by atoms with Crippen molar-refractivity contribution in [1.29, 1.82) is 0 Å². The summed E-state index contributed by atoms with van der Waals surface area (Å²) >= 11 is 0. The van der Waals surface area contributed by atoms with Gasteiger partial charge < -0.3 is 14.7 Å². The monoisotopic (exact) mass is 371 g/mol. The van der Waals surface area contributed by atoms with Crippen LogP contribution in [0.1, 0.15) is 36.0 Å². The summed E-state index contributed by atoms with van der Waals surface area (Å²) in [6.45, 7) is 1.27. The van der Waals surface area contributed by atoms with Crippen LogP contribution in [0.5, 0.6) is 5.75 Å². The number of aromatic nitrogens is 2. The highest BCUT2D eigenvalue weighted by atomic mass is 16.5. The van der Waals surface area contributed by atoms with Crippen LogP contribution in [0.15, 0.2) is 30.5 Å². The SMILES string of the molecule is COc1ccccc1-c1nn(C)cc1C(=O)N1CCC[C@H](CCC(=O)O)C1. The van der Waals surface area contributed by atoms with E-state index in [1.165, 1.54) is 0 Å².